The molecule has 0 nitrogen and oxygen atoms in total. The smallest absolute Gasteiger partial charge is 0.248 e. The summed E-state index contributed by atoms with van der Waals surface area (Å²) in [6.45, 7) is -1.58. The second-order valence-corrected chi connectivity index (χ2v) is 2.46. The summed E-state index contributed by atoms with van der Waals surface area (Å²) in [4.78, 5) is 0. The predicted octanol–water partition coefficient (Wildman–Crippen LogP) is 3.66. The fourth-order valence-electron chi connectivity index (χ4n) is 0.615. The van der Waals surface area contributed by atoms with E-state index in [4.69, 9.17) is 0 Å². The molecule has 0 heterocycles. The van der Waals surface area contributed by atoms with Gasteiger partial charge in [0.25, 0.3) is 0 Å². The molecule has 6 heteroatoms. The van der Waals surface area contributed by atoms with Gasteiger partial charge in [0, 0.05) is 6.42 Å². The SMILES string of the molecule is FC=CCC(F)(F)C(F)=CC(F)CF. The van der Waals surface area contributed by atoms with Crippen molar-refractivity contribution in [3.63, 3.8) is 0 Å². The van der Waals surface area contributed by atoms with Crippen molar-refractivity contribution >= 4 is 0 Å². The van der Waals surface area contributed by atoms with Crippen molar-refractivity contribution in [2.24, 2.45) is 0 Å². The van der Waals surface area contributed by atoms with Gasteiger partial charge in [-0.1, -0.05) is 0 Å². The summed E-state index contributed by atoms with van der Waals surface area (Å²) >= 11 is 0. The minimum atomic E-state index is -4.00. The molecule has 0 radical (unpaired) electrons. The van der Waals surface area contributed by atoms with Gasteiger partial charge in [-0.05, 0) is 12.2 Å². The third-order valence-corrected chi connectivity index (χ3v) is 1.29. The molecule has 0 aromatic rings. The molecule has 0 bridgehead atoms. The van der Waals surface area contributed by atoms with E-state index in [1.807, 2.05) is 0 Å². The Morgan fingerprint density at radius 2 is 1.93 bits per heavy atom. The summed E-state index contributed by atoms with van der Waals surface area (Å²) in [5.41, 5.74) is 0. The maximum Gasteiger partial charge on any atom is 0.302 e. The summed E-state index contributed by atoms with van der Waals surface area (Å²) in [6.07, 6.45) is -3.59. The second-order valence-electron chi connectivity index (χ2n) is 2.46. The van der Waals surface area contributed by atoms with Crippen molar-refractivity contribution in [2.75, 3.05) is 6.67 Å². The lowest BCUT2D eigenvalue weighted by Crippen LogP contribution is -2.17. The van der Waals surface area contributed by atoms with Gasteiger partial charge in [-0.15, -0.1) is 0 Å². The third kappa shape index (κ3) is 4.34. The zero-order chi connectivity index (χ0) is 11.2. The standard InChI is InChI=1S/C8H8F6/c9-3-1-2-8(13,14)7(12)4-6(11)5-10/h1,3-4,6H,2,5H2. The van der Waals surface area contributed by atoms with Gasteiger partial charge in [0.05, 0.1) is 6.33 Å². The molecule has 0 rings (SSSR count). The molecule has 0 spiro atoms. The van der Waals surface area contributed by atoms with Crippen LogP contribution in [0.4, 0.5) is 26.3 Å². The van der Waals surface area contributed by atoms with Gasteiger partial charge in [0.1, 0.15) is 12.8 Å². The topological polar surface area (TPSA) is 0 Å². The molecule has 0 aliphatic rings. The maximum atomic E-state index is 12.6. The van der Waals surface area contributed by atoms with E-state index in [9.17, 15) is 26.3 Å². The van der Waals surface area contributed by atoms with Gasteiger partial charge in [-0.25, -0.2) is 17.6 Å². The minimum Gasteiger partial charge on any atom is -0.248 e. The normalized spacial score (nSPS) is 16.3. The van der Waals surface area contributed by atoms with E-state index < -0.39 is 31.0 Å². The first-order valence-corrected chi connectivity index (χ1v) is 3.65. The van der Waals surface area contributed by atoms with Crippen LogP contribution in [0.2, 0.25) is 0 Å². The highest BCUT2D eigenvalue weighted by molar-refractivity contribution is 5.09. The number of hydrogen-bond acceptors (Lipinski definition) is 0. The van der Waals surface area contributed by atoms with Gasteiger partial charge in [-0.2, -0.15) is 8.78 Å². The van der Waals surface area contributed by atoms with Crippen LogP contribution in [-0.2, 0) is 0 Å². The Kier molecular flexibility index (Phi) is 5.34. The molecule has 0 aromatic heterocycles. The zero-order valence-corrected chi connectivity index (χ0v) is 6.99. The monoisotopic (exact) mass is 218 g/mol. The van der Waals surface area contributed by atoms with Crippen LogP contribution in [0.15, 0.2) is 24.3 Å². The molecule has 1 unspecified atom stereocenters. The number of rotatable bonds is 5. The van der Waals surface area contributed by atoms with E-state index in [-0.39, 0.29) is 12.4 Å². The highest BCUT2D eigenvalue weighted by Crippen LogP contribution is 2.30. The van der Waals surface area contributed by atoms with Crippen LogP contribution in [0.25, 0.3) is 0 Å². The van der Waals surface area contributed by atoms with Crippen molar-refractivity contribution in [1.29, 1.82) is 0 Å². The molecular formula is C8H8F6. The number of allylic oxidation sites excluding steroid dienone is 3. The van der Waals surface area contributed by atoms with Crippen LogP contribution in [0.1, 0.15) is 6.42 Å². The molecule has 0 saturated heterocycles. The third-order valence-electron chi connectivity index (χ3n) is 1.29. The van der Waals surface area contributed by atoms with Crippen LogP contribution in [0.5, 0.6) is 0 Å². The Morgan fingerprint density at radius 3 is 2.36 bits per heavy atom. The van der Waals surface area contributed by atoms with Crippen LogP contribution in [-0.4, -0.2) is 18.8 Å². The minimum absolute atomic E-state index is 0.161. The van der Waals surface area contributed by atoms with Gasteiger partial charge < -0.3 is 0 Å². The van der Waals surface area contributed by atoms with E-state index in [2.05, 4.69) is 0 Å². The predicted molar refractivity (Wildman–Crippen MR) is 39.9 cm³/mol. The van der Waals surface area contributed by atoms with Crippen molar-refractivity contribution in [1.82, 2.24) is 0 Å². The summed E-state index contributed by atoms with van der Waals surface area (Å²) in [5.74, 6) is -6.09. The Hall–Kier alpha value is -0.940. The summed E-state index contributed by atoms with van der Waals surface area (Å²) < 4.78 is 72.5. The quantitative estimate of drug-likeness (QED) is 0.618. The largest absolute Gasteiger partial charge is 0.302 e. The highest BCUT2D eigenvalue weighted by Gasteiger charge is 2.34. The van der Waals surface area contributed by atoms with Crippen molar-refractivity contribution < 1.29 is 26.3 Å². The van der Waals surface area contributed by atoms with Gasteiger partial charge >= 0.3 is 5.92 Å². The fourth-order valence-corrected chi connectivity index (χ4v) is 0.615. The Balaban J connectivity index is 4.47. The molecule has 0 saturated carbocycles. The maximum absolute atomic E-state index is 12.6. The Labute approximate surface area is 76.9 Å². The zero-order valence-electron chi connectivity index (χ0n) is 6.99. The number of halogens is 6. The van der Waals surface area contributed by atoms with Crippen LogP contribution < -0.4 is 0 Å². The van der Waals surface area contributed by atoms with E-state index in [0.717, 1.165) is 0 Å². The molecule has 0 aliphatic carbocycles. The van der Waals surface area contributed by atoms with E-state index in [0.29, 0.717) is 6.08 Å². The van der Waals surface area contributed by atoms with Gasteiger partial charge in [-0.3, -0.25) is 0 Å². The average molecular weight is 218 g/mol. The van der Waals surface area contributed by atoms with Crippen molar-refractivity contribution in [3.8, 4) is 0 Å². The summed E-state index contributed by atoms with van der Waals surface area (Å²) in [7, 11) is 0. The van der Waals surface area contributed by atoms with E-state index in [1.165, 1.54) is 0 Å². The molecule has 0 aliphatic heterocycles. The molecule has 1 atom stereocenters. The first-order chi connectivity index (χ1) is 6.44. The Morgan fingerprint density at radius 1 is 1.36 bits per heavy atom. The molecule has 14 heavy (non-hydrogen) atoms. The molecule has 82 valence electrons. The number of hydrogen-bond donors (Lipinski definition) is 0. The van der Waals surface area contributed by atoms with Crippen molar-refractivity contribution in [3.05, 3.63) is 24.3 Å². The highest BCUT2D eigenvalue weighted by atomic mass is 19.3. The molecule has 0 amide bonds. The first-order valence-electron chi connectivity index (χ1n) is 3.65. The molecular weight excluding hydrogens is 210 g/mol. The fraction of sp³-hybridized carbons (Fsp3) is 0.500. The first kappa shape index (κ1) is 13.1. The summed E-state index contributed by atoms with van der Waals surface area (Å²) in [6, 6.07) is 0. The van der Waals surface area contributed by atoms with Crippen LogP contribution in [0.3, 0.4) is 0 Å². The molecule has 0 N–H and O–H groups in total. The van der Waals surface area contributed by atoms with E-state index >= 15 is 0 Å². The van der Waals surface area contributed by atoms with Crippen molar-refractivity contribution in [2.45, 2.75) is 18.5 Å². The second kappa shape index (κ2) is 5.72. The Bertz CT molecular complexity index is 220. The lowest BCUT2D eigenvalue weighted by atomic mass is 10.2. The lowest BCUT2D eigenvalue weighted by Gasteiger charge is -2.11. The van der Waals surface area contributed by atoms with E-state index in [1.54, 1.807) is 0 Å². The summed E-state index contributed by atoms with van der Waals surface area (Å²) in [5, 5.41) is 0. The lowest BCUT2D eigenvalue weighted by molar-refractivity contribution is 0.0197. The molecule has 0 aromatic carbocycles. The average Bonchev–Trinajstić information content (AvgIpc) is 2.14. The number of alkyl halides is 4. The van der Waals surface area contributed by atoms with Crippen LogP contribution >= 0.6 is 0 Å². The van der Waals surface area contributed by atoms with Gasteiger partial charge in [0.2, 0.25) is 0 Å². The molecule has 0 fully saturated rings. The van der Waals surface area contributed by atoms with Crippen LogP contribution in [0, 0.1) is 0 Å². The van der Waals surface area contributed by atoms with Gasteiger partial charge in [0.15, 0.2) is 5.83 Å².